The molecule has 0 radical (unpaired) electrons. The molecule has 0 aliphatic carbocycles. The molecular formula is C19H16F2N4O. The predicted octanol–water partition coefficient (Wildman–Crippen LogP) is 2.96. The van der Waals surface area contributed by atoms with Gasteiger partial charge < -0.3 is 5.32 Å². The fourth-order valence-corrected chi connectivity index (χ4v) is 2.80. The number of carbonyl (C=O) groups is 1. The van der Waals surface area contributed by atoms with E-state index in [4.69, 9.17) is 5.26 Å². The number of pyridine rings is 1. The summed E-state index contributed by atoms with van der Waals surface area (Å²) in [5.74, 6) is -1.87. The summed E-state index contributed by atoms with van der Waals surface area (Å²) in [7, 11) is 0. The Kier molecular flexibility index (Phi) is 5.34. The second-order valence-corrected chi connectivity index (χ2v) is 5.90. The van der Waals surface area contributed by atoms with Gasteiger partial charge in [0.2, 0.25) is 5.91 Å². The van der Waals surface area contributed by atoms with Gasteiger partial charge in [0.25, 0.3) is 0 Å². The molecule has 132 valence electrons. The van der Waals surface area contributed by atoms with Gasteiger partial charge in [-0.3, -0.25) is 14.7 Å². The standard InChI is InChI=1S/C19H16F2N4O/c20-15-3-4-17(16(21)10-15)24-18(26)12-25-8-5-13(6-9-25)19-14(11-22)2-1-7-23-19/h1-5,7,10H,6,8-9,12H2,(H,24,26). The fraction of sp³-hybridized carbons (Fsp3) is 0.211. The Hall–Kier alpha value is -3.11. The SMILES string of the molecule is N#Cc1cccnc1C1=CCN(CC(=O)Nc2ccc(F)cc2F)CC1. The van der Waals surface area contributed by atoms with Crippen LogP contribution < -0.4 is 5.32 Å². The third-order valence-corrected chi connectivity index (χ3v) is 4.10. The van der Waals surface area contributed by atoms with Crippen molar-refractivity contribution in [2.24, 2.45) is 0 Å². The number of carbonyl (C=O) groups excluding carboxylic acids is 1. The normalized spacial score (nSPS) is 14.4. The molecule has 7 heteroatoms. The molecular weight excluding hydrogens is 338 g/mol. The minimum Gasteiger partial charge on any atom is -0.322 e. The van der Waals surface area contributed by atoms with Gasteiger partial charge in [-0.05, 0) is 36.3 Å². The molecule has 0 saturated heterocycles. The van der Waals surface area contributed by atoms with Gasteiger partial charge in [0.05, 0.1) is 23.5 Å². The van der Waals surface area contributed by atoms with Gasteiger partial charge in [0.1, 0.15) is 17.7 Å². The molecule has 0 atom stereocenters. The van der Waals surface area contributed by atoms with Crippen LogP contribution in [-0.4, -0.2) is 35.4 Å². The predicted molar refractivity (Wildman–Crippen MR) is 93.0 cm³/mol. The van der Waals surface area contributed by atoms with Crippen molar-refractivity contribution in [3.63, 3.8) is 0 Å². The van der Waals surface area contributed by atoms with Crippen LogP contribution in [0.5, 0.6) is 0 Å². The first kappa shape index (κ1) is 17.7. The number of nitrogens with one attached hydrogen (secondary N) is 1. The van der Waals surface area contributed by atoms with E-state index in [9.17, 15) is 13.6 Å². The molecule has 0 saturated carbocycles. The second-order valence-electron chi connectivity index (χ2n) is 5.90. The van der Waals surface area contributed by atoms with E-state index in [0.29, 0.717) is 30.8 Å². The second kappa shape index (κ2) is 7.85. The van der Waals surface area contributed by atoms with Crippen molar-refractivity contribution in [1.82, 2.24) is 9.88 Å². The van der Waals surface area contributed by atoms with Gasteiger partial charge in [-0.1, -0.05) is 6.08 Å². The minimum absolute atomic E-state index is 0.0446. The van der Waals surface area contributed by atoms with Crippen molar-refractivity contribution in [3.05, 3.63) is 65.5 Å². The third-order valence-electron chi connectivity index (χ3n) is 4.10. The highest BCUT2D eigenvalue weighted by Crippen LogP contribution is 2.23. The Balaban J connectivity index is 1.60. The largest absolute Gasteiger partial charge is 0.322 e. The summed E-state index contributed by atoms with van der Waals surface area (Å²) < 4.78 is 26.5. The number of anilines is 1. The lowest BCUT2D eigenvalue weighted by Gasteiger charge is -2.25. The van der Waals surface area contributed by atoms with Crippen molar-refractivity contribution in [1.29, 1.82) is 5.26 Å². The van der Waals surface area contributed by atoms with E-state index in [1.807, 2.05) is 11.0 Å². The molecule has 5 nitrogen and oxygen atoms in total. The van der Waals surface area contributed by atoms with Crippen LogP contribution in [0.2, 0.25) is 0 Å². The molecule has 1 amide bonds. The molecule has 3 rings (SSSR count). The number of amides is 1. The van der Waals surface area contributed by atoms with Crippen LogP contribution in [-0.2, 0) is 4.79 Å². The van der Waals surface area contributed by atoms with Crippen LogP contribution in [0, 0.1) is 23.0 Å². The van der Waals surface area contributed by atoms with E-state index in [1.54, 1.807) is 18.3 Å². The summed E-state index contributed by atoms with van der Waals surface area (Å²) in [6, 6.07) is 8.59. The zero-order chi connectivity index (χ0) is 18.5. The average molecular weight is 354 g/mol. The zero-order valence-corrected chi connectivity index (χ0v) is 13.9. The number of benzene rings is 1. The molecule has 1 N–H and O–H groups in total. The Morgan fingerprint density at radius 3 is 2.88 bits per heavy atom. The summed E-state index contributed by atoms with van der Waals surface area (Å²) in [4.78, 5) is 18.2. The van der Waals surface area contributed by atoms with Gasteiger partial charge in [0.15, 0.2) is 0 Å². The van der Waals surface area contributed by atoms with E-state index < -0.39 is 11.6 Å². The first-order valence-electron chi connectivity index (χ1n) is 8.08. The highest BCUT2D eigenvalue weighted by atomic mass is 19.1. The van der Waals surface area contributed by atoms with Crippen LogP contribution >= 0.6 is 0 Å². The van der Waals surface area contributed by atoms with E-state index in [2.05, 4.69) is 16.4 Å². The third kappa shape index (κ3) is 4.10. The maximum absolute atomic E-state index is 13.6. The number of aromatic nitrogens is 1. The van der Waals surface area contributed by atoms with E-state index in [-0.39, 0.29) is 18.1 Å². The lowest BCUT2D eigenvalue weighted by atomic mass is 10.0. The average Bonchev–Trinajstić information content (AvgIpc) is 2.64. The number of nitrogens with zero attached hydrogens (tertiary/aromatic N) is 3. The monoisotopic (exact) mass is 354 g/mol. The Morgan fingerprint density at radius 2 is 2.19 bits per heavy atom. The van der Waals surface area contributed by atoms with Crippen LogP contribution in [0.3, 0.4) is 0 Å². The Bertz CT molecular complexity index is 905. The molecule has 1 aliphatic rings. The summed E-state index contributed by atoms with van der Waals surface area (Å²) in [6.07, 6.45) is 4.25. The van der Waals surface area contributed by atoms with Gasteiger partial charge in [0, 0.05) is 25.4 Å². The summed E-state index contributed by atoms with van der Waals surface area (Å²) in [5, 5.41) is 11.6. The van der Waals surface area contributed by atoms with Crippen molar-refractivity contribution in [2.75, 3.05) is 25.0 Å². The van der Waals surface area contributed by atoms with Crippen molar-refractivity contribution in [2.45, 2.75) is 6.42 Å². The van der Waals surface area contributed by atoms with Crippen molar-refractivity contribution >= 4 is 17.2 Å². The Morgan fingerprint density at radius 1 is 1.35 bits per heavy atom. The van der Waals surface area contributed by atoms with Gasteiger partial charge in [-0.25, -0.2) is 8.78 Å². The number of rotatable bonds is 4. The number of halogens is 2. The smallest absolute Gasteiger partial charge is 0.238 e. The number of nitriles is 1. The van der Waals surface area contributed by atoms with Crippen LogP contribution in [0.4, 0.5) is 14.5 Å². The van der Waals surface area contributed by atoms with Gasteiger partial charge in [-0.2, -0.15) is 5.26 Å². The van der Waals surface area contributed by atoms with Gasteiger partial charge >= 0.3 is 0 Å². The van der Waals surface area contributed by atoms with Gasteiger partial charge in [-0.15, -0.1) is 0 Å². The topological polar surface area (TPSA) is 69.0 Å². The van der Waals surface area contributed by atoms with E-state index in [1.165, 1.54) is 6.07 Å². The van der Waals surface area contributed by atoms with Crippen LogP contribution in [0.25, 0.3) is 5.57 Å². The molecule has 2 aromatic rings. The van der Waals surface area contributed by atoms with Crippen LogP contribution in [0.15, 0.2) is 42.6 Å². The first-order chi connectivity index (χ1) is 12.6. The summed E-state index contributed by atoms with van der Waals surface area (Å²) in [6.45, 7) is 1.23. The molecule has 0 bridgehead atoms. The zero-order valence-electron chi connectivity index (χ0n) is 13.9. The molecule has 0 spiro atoms. The van der Waals surface area contributed by atoms with E-state index in [0.717, 1.165) is 17.7 Å². The lowest BCUT2D eigenvalue weighted by molar-refractivity contribution is -0.117. The lowest BCUT2D eigenvalue weighted by Crippen LogP contribution is -2.36. The molecule has 1 aromatic carbocycles. The quantitative estimate of drug-likeness (QED) is 0.917. The highest BCUT2D eigenvalue weighted by molar-refractivity contribution is 5.92. The van der Waals surface area contributed by atoms with Crippen LogP contribution in [0.1, 0.15) is 17.7 Å². The first-order valence-corrected chi connectivity index (χ1v) is 8.08. The number of hydrogen-bond acceptors (Lipinski definition) is 4. The Labute approximate surface area is 149 Å². The number of hydrogen-bond donors (Lipinski definition) is 1. The highest BCUT2D eigenvalue weighted by Gasteiger charge is 2.18. The maximum Gasteiger partial charge on any atom is 0.238 e. The molecule has 26 heavy (non-hydrogen) atoms. The minimum atomic E-state index is -0.807. The van der Waals surface area contributed by atoms with E-state index >= 15 is 0 Å². The molecule has 1 aromatic heterocycles. The van der Waals surface area contributed by atoms with Crippen molar-refractivity contribution in [3.8, 4) is 6.07 Å². The molecule has 0 fully saturated rings. The molecule has 0 unspecified atom stereocenters. The molecule has 2 heterocycles. The fourth-order valence-electron chi connectivity index (χ4n) is 2.80. The summed E-state index contributed by atoms with van der Waals surface area (Å²) >= 11 is 0. The summed E-state index contributed by atoms with van der Waals surface area (Å²) in [5.41, 5.74) is 2.13. The molecule has 1 aliphatic heterocycles. The van der Waals surface area contributed by atoms with Crippen molar-refractivity contribution < 1.29 is 13.6 Å². The maximum atomic E-state index is 13.6.